The van der Waals surface area contributed by atoms with Crippen molar-refractivity contribution in [1.82, 2.24) is 5.32 Å². The second kappa shape index (κ2) is 5.87. The molecule has 1 aliphatic carbocycles. The summed E-state index contributed by atoms with van der Waals surface area (Å²) >= 11 is 3.60. The van der Waals surface area contributed by atoms with Crippen molar-refractivity contribution in [3.63, 3.8) is 0 Å². The van der Waals surface area contributed by atoms with Crippen LogP contribution in [0.25, 0.3) is 0 Å². The maximum absolute atomic E-state index is 5.83. The molecule has 0 radical (unpaired) electrons. The first-order valence-corrected chi connectivity index (χ1v) is 7.11. The average molecular weight is 298 g/mol. The molecule has 3 heteroatoms. The predicted molar refractivity (Wildman–Crippen MR) is 74.3 cm³/mol. The first kappa shape index (κ1) is 12.9. The van der Waals surface area contributed by atoms with E-state index in [1.54, 1.807) is 0 Å². The van der Waals surface area contributed by atoms with Crippen LogP contribution in [0.15, 0.2) is 22.7 Å². The van der Waals surface area contributed by atoms with E-state index in [2.05, 4.69) is 41.2 Å². The van der Waals surface area contributed by atoms with Gasteiger partial charge < -0.3 is 10.1 Å². The van der Waals surface area contributed by atoms with Crippen molar-refractivity contribution < 1.29 is 4.74 Å². The van der Waals surface area contributed by atoms with Crippen LogP contribution in [0.5, 0.6) is 5.75 Å². The van der Waals surface area contributed by atoms with Crippen LogP contribution in [-0.2, 0) is 6.54 Å². The fraction of sp³-hybridized carbons (Fsp3) is 0.571. The van der Waals surface area contributed by atoms with Crippen molar-refractivity contribution in [1.29, 1.82) is 0 Å². The maximum atomic E-state index is 5.83. The van der Waals surface area contributed by atoms with E-state index in [1.807, 2.05) is 12.1 Å². The standard InChI is InChI=1S/C14H20BrNO/c1-10(2)17-14-5-3-4-13(15)12(14)9-16-8-11-6-7-11/h3-5,10-11,16H,6-9H2,1-2H3. The Kier molecular flexibility index (Phi) is 4.46. The summed E-state index contributed by atoms with van der Waals surface area (Å²) in [4.78, 5) is 0. The largest absolute Gasteiger partial charge is 0.491 e. The summed E-state index contributed by atoms with van der Waals surface area (Å²) in [6.45, 7) is 6.12. The zero-order chi connectivity index (χ0) is 12.3. The molecule has 0 spiro atoms. The molecule has 0 aromatic heterocycles. The van der Waals surface area contributed by atoms with Gasteiger partial charge in [0.05, 0.1) is 6.10 Å². The third-order valence-corrected chi connectivity index (χ3v) is 3.61. The minimum Gasteiger partial charge on any atom is -0.491 e. The number of rotatable bonds is 6. The molecule has 1 aromatic rings. The van der Waals surface area contributed by atoms with E-state index in [4.69, 9.17) is 4.74 Å². The van der Waals surface area contributed by atoms with Crippen molar-refractivity contribution in [2.75, 3.05) is 6.54 Å². The quantitative estimate of drug-likeness (QED) is 0.864. The molecule has 1 N–H and O–H groups in total. The monoisotopic (exact) mass is 297 g/mol. The summed E-state index contributed by atoms with van der Waals surface area (Å²) in [5, 5.41) is 3.51. The number of hydrogen-bond acceptors (Lipinski definition) is 2. The van der Waals surface area contributed by atoms with Gasteiger partial charge in [0.15, 0.2) is 0 Å². The van der Waals surface area contributed by atoms with E-state index in [0.29, 0.717) is 0 Å². The Bertz CT molecular complexity index is 374. The number of hydrogen-bond donors (Lipinski definition) is 1. The number of halogens is 1. The summed E-state index contributed by atoms with van der Waals surface area (Å²) in [5.41, 5.74) is 1.22. The van der Waals surface area contributed by atoms with E-state index < -0.39 is 0 Å². The van der Waals surface area contributed by atoms with Crippen LogP contribution >= 0.6 is 15.9 Å². The van der Waals surface area contributed by atoms with Crippen LogP contribution in [0, 0.1) is 5.92 Å². The second-order valence-electron chi connectivity index (χ2n) is 4.96. The minimum absolute atomic E-state index is 0.214. The third-order valence-electron chi connectivity index (χ3n) is 2.87. The molecule has 0 aliphatic heterocycles. The Morgan fingerprint density at radius 1 is 1.41 bits per heavy atom. The molecule has 2 nitrogen and oxygen atoms in total. The summed E-state index contributed by atoms with van der Waals surface area (Å²) < 4.78 is 6.95. The van der Waals surface area contributed by atoms with Gasteiger partial charge in [0.1, 0.15) is 5.75 Å². The van der Waals surface area contributed by atoms with E-state index in [9.17, 15) is 0 Å². The van der Waals surface area contributed by atoms with Gasteiger partial charge in [0, 0.05) is 16.6 Å². The van der Waals surface area contributed by atoms with E-state index in [1.165, 1.54) is 18.4 Å². The topological polar surface area (TPSA) is 21.3 Å². The molecule has 0 heterocycles. The Morgan fingerprint density at radius 3 is 2.82 bits per heavy atom. The van der Waals surface area contributed by atoms with Gasteiger partial charge in [0.25, 0.3) is 0 Å². The van der Waals surface area contributed by atoms with E-state index in [-0.39, 0.29) is 6.10 Å². The lowest BCUT2D eigenvalue weighted by Crippen LogP contribution is -2.18. The molecule has 94 valence electrons. The lowest BCUT2D eigenvalue weighted by atomic mass is 10.2. The molecule has 0 unspecified atom stereocenters. The van der Waals surface area contributed by atoms with Crippen molar-refractivity contribution in [3.05, 3.63) is 28.2 Å². The molecule has 1 saturated carbocycles. The Balaban J connectivity index is 2.00. The Hall–Kier alpha value is -0.540. The van der Waals surface area contributed by atoms with E-state index >= 15 is 0 Å². The lowest BCUT2D eigenvalue weighted by molar-refractivity contribution is 0.239. The highest BCUT2D eigenvalue weighted by atomic mass is 79.9. The van der Waals surface area contributed by atoms with Crippen molar-refractivity contribution >= 4 is 15.9 Å². The summed E-state index contributed by atoms with van der Waals surface area (Å²) in [6, 6.07) is 6.13. The number of nitrogens with one attached hydrogen (secondary N) is 1. The van der Waals surface area contributed by atoms with Crippen LogP contribution in [0.1, 0.15) is 32.3 Å². The van der Waals surface area contributed by atoms with Gasteiger partial charge in [-0.05, 0) is 51.3 Å². The third kappa shape index (κ3) is 4.00. The summed E-state index contributed by atoms with van der Waals surface area (Å²) in [6.07, 6.45) is 2.99. The number of ether oxygens (including phenoxy) is 1. The van der Waals surface area contributed by atoms with Crippen molar-refractivity contribution in [2.45, 2.75) is 39.3 Å². The molecule has 0 saturated heterocycles. The lowest BCUT2D eigenvalue weighted by Gasteiger charge is -2.16. The molecule has 0 amide bonds. The van der Waals surface area contributed by atoms with Crippen LogP contribution in [0.3, 0.4) is 0 Å². The van der Waals surface area contributed by atoms with Crippen LogP contribution in [-0.4, -0.2) is 12.6 Å². The highest BCUT2D eigenvalue weighted by molar-refractivity contribution is 9.10. The molecular formula is C14H20BrNO. The fourth-order valence-corrected chi connectivity index (χ4v) is 2.29. The zero-order valence-electron chi connectivity index (χ0n) is 10.5. The second-order valence-corrected chi connectivity index (χ2v) is 5.81. The normalized spacial score (nSPS) is 15.3. The predicted octanol–water partition coefficient (Wildman–Crippen LogP) is 3.74. The first-order chi connectivity index (χ1) is 8.16. The van der Waals surface area contributed by atoms with Gasteiger partial charge in [-0.2, -0.15) is 0 Å². The molecular weight excluding hydrogens is 278 g/mol. The van der Waals surface area contributed by atoms with E-state index in [0.717, 1.165) is 29.2 Å². The molecule has 1 aromatic carbocycles. The SMILES string of the molecule is CC(C)Oc1cccc(Br)c1CNCC1CC1. The molecule has 1 aliphatic rings. The smallest absolute Gasteiger partial charge is 0.125 e. The van der Waals surface area contributed by atoms with Gasteiger partial charge in [-0.3, -0.25) is 0 Å². The van der Waals surface area contributed by atoms with Crippen LogP contribution in [0.4, 0.5) is 0 Å². The molecule has 17 heavy (non-hydrogen) atoms. The molecule has 0 bridgehead atoms. The Labute approximate surface area is 112 Å². The molecule has 2 rings (SSSR count). The van der Waals surface area contributed by atoms with Crippen LogP contribution in [0.2, 0.25) is 0 Å². The van der Waals surface area contributed by atoms with Gasteiger partial charge in [-0.25, -0.2) is 0 Å². The summed E-state index contributed by atoms with van der Waals surface area (Å²) in [5.74, 6) is 1.89. The molecule has 0 atom stereocenters. The first-order valence-electron chi connectivity index (χ1n) is 6.31. The van der Waals surface area contributed by atoms with Gasteiger partial charge in [-0.15, -0.1) is 0 Å². The Morgan fingerprint density at radius 2 is 2.18 bits per heavy atom. The van der Waals surface area contributed by atoms with Crippen LogP contribution < -0.4 is 10.1 Å². The van der Waals surface area contributed by atoms with Crippen molar-refractivity contribution in [2.24, 2.45) is 5.92 Å². The average Bonchev–Trinajstić information content (AvgIpc) is 3.05. The fourth-order valence-electron chi connectivity index (χ4n) is 1.80. The zero-order valence-corrected chi connectivity index (χ0v) is 12.1. The highest BCUT2D eigenvalue weighted by Crippen LogP contribution is 2.30. The van der Waals surface area contributed by atoms with Gasteiger partial charge in [0.2, 0.25) is 0 Å². The maximum Gasteiger partial charge on any atom is 0.125 e. The van der Waals surface area contributed by atoms with Crippen molar-refractivity contribution in [3.8, 4) is 5.75 Å². The highest BCUT2D eigenvalue weighted by Gasteiger charge is 2.20. The van der Waals surface area contributed by atoms with Gasteiger partial charge in [-0.1, -0.05) is 22.0 Å². The summed E-state index contributed by atoms with van der Waals surface area (Å²) in [7, 11) is 0. The molecule has 1 fully saturated rings. The minimum atomic E-state index is 0.214. The van der Waals surface area contributed by atoms with Gasteiger partial charge >= 0.3 is 0 Å². The number of benzene rings is 1.